The van der Waals surface area contributed by atoms with Gasteiger partial charge in [0.2, 0.25) is 0 Å². The van der Waals surface area contributed by atoms with Crippen LogP contribution >= 0.6 is 0 Å². The van der Waals surface area contributed by atoms with Gasteiger partial charge >= 0.3 is 0 Å². The number of rotatable bonds is 7. The van der Waals surface area contributed by atoms with E-state index < -0.39 is 0 Å². The van der Waals surface area contributed by atoms with E-state index in [1.165, 1.54) is 22.3 Å². The Kier molecular flexibility index (Phi) is 5.51. The molecule has 1 aromatic heterocycles. The smallest absolute Gasteiger partial charge is 0.123 e. The Labute approximate surface area is 149 Å². The van der Waals surface area contributed by atoms with Gasteiger partial charge in [0.1, 0.15) is 5.75 Å². The second-order valence-corrected chi connectivity index (χ2v) is 6.40. The van der Waals surface area contributed by atoms with Gasteiger partial charge in [0.25, 0.3) is 0 Å². The zero-order valence-electron chi connectivity index (χ0n) is 15.1. The molecule has 4 heteroatoms. The highest BCUT2D eigenvalue weighted by Crippen LogP contribution is 2.26. The zero-order chi connectivity index (χ0) is 17.6. The fourth-order valence-electron chi connectivity index (χ4n) is 2.93. The SMILES string of the molecule is COc1ccc(C)cc1C(C)NCc1ccc(Cn2ccnc2)cc1. The molecule has 3 aromatic rings. The molecule has 130 valence electrons. The summed E-state index contributed by atoms with van der Waals surface area (Å²) in [5, 5.41) is 3.59. The number of benzene rings is 2. The van der Waals surface area contributed by atoms with Gasteiger partial charge in [-0.15, -0.1) is 0 Å². The molecule has 0 radical (unpaired) electrons. The van der Waals surface area contributed by atoms with E-state index in [2.05, 4.69) is 65.1 Å². The number of aromatic nitrogens is 2. The third kappa shape index (κ3) is 4.48. The van der Waals surface area contributed by atoms with Gasteiger partial charge in [-0.1, -0.05) is 42.0 Å². The van der Waals surface area contributed by atoms with E-state index in [4.69, 9.17) is 4.74 Å². The van der Waals surface area contributed by atoms with E-state index in [1.54, 1.807) is 13.3 Å². The van der Waals surface area contributed by atoms with Gasteiger partial charge in [-0.3, -0.25) is 0 Å². The Morgan fingerprint density at radius 1 is 1.12 bits per heavy atom. The number of aryl methyl sites for hydroxylation is 1. The number of methoxy groups -OCH3 is 1. The molecule has 0 bridgehead atoms. The highest BCUT2D eigenvalue weighted by molar-refractivity contribution is 5.39. The van der Waals surface area contributed by atoms with Crippen LogP contribution in [0, 0.1) is 6.92 Å². The largest absolute Gasteiger partial charge is 0.496 e. The maximum Gasteiger partial charge on any atom is 0.123 e. The predicted molar refractivity (Wildman–Crippen MR) is 101 cm³/mol. The molecule has 25 heavy (non-hydrogen) atoms. The summed E-state index contributed by atoms with van der Waals surface area (Å²) in [4.78, 5) is 4.08. The van der Waals surface area contributed by atoms with Crippen LogP contribution in [0.4, 0.5) is 0 Å². The Bertz CT molecular complexity index is 795. The highest BCUT2D eigenvalue weighted by Gasteiger charge is 2.11. The van der Waals surface area contributed by atoms with Crippen molar-refractivity contribution in [3.05, 3.63) is 83.4 Å². The van der Waals surface area contributed by atoms with Gasteiger partial charge < -0.3 is 14.6 Å². The van der Waals surface area contributed by atoms with Crippen LogP contribution in [-0.4, -0.2) is 16.7 Å². The fraction of sp³-hybridized carbons (Fsp3) is 0.286. The Morgan fingerprint density at radius 3 is 2.56 bits per heavy atom. The molecule has 1 unspecified atom stereocenters. The van der Waals surface area contributed by atoms with Gasteiger partial charge in [-0.2, -0.15) is 0 Å². The third-order valence-electron chi connectivity index (χ3n) is 4.41. The van der Waals surface area contributed by atoms with Crippen LogP contribution in [0.3, 0.4) is 0 Å². The first-order valence-electron chi connectivity index (χ1n) is 8.57. The van der Waals surface area contributed by atoms with Crippen LogP contribution in [0.2, 0.25) is 0 Å². The summed E-state index contributed by atoms with van der Waals surface area (Å²) < 4.78 is 7.56. The molecule has 0 aliphatic carbocycles. The topological polar surface area (TPSA) is 39.1 Å². The second kappa shape index (κ2) is 7.99. The van der Waals surface area contributed by atoms with Crippen molar-refractivity contribution < 1.29 is 4.74 Å². The molecule has 0 saturated carbocycles. The van der Waals surface area contributed by atoms with Crippen molar-refractivity contribution in [3.8, 4) is 5.75 Å². The maximum absolute atomic E-state index is 5.49. The number of nitrogens with zero attached hydrogens (tertiary/aromatic N) is 2. The van der Waals surface area contributed by atoms with Crippen LogP contribution in [0.5, 0.6) is 5.75 Å². The van der Waals surface area contributed by atoms with Gasteiger partial charge in [0.15, 0.2) is 0 Å². The molecular weight excluding hydrogens is 310 g/mol. The van der Waals surface area contributed by atoms with Crippen LogP contribution in [-0.2, 0) is 13.1 Å². The number of nitrogens with one attached hydrogen (secondary N) is 1. The van der Waals surface area contributed by atoms with Crippen molar-refractivity contribution in [3.63, 3.8) is 0 Å². The molecule has 0 fully saturated rings. The van der Waals surface area contributed by atoms with E-state index in [-0.39, 0.29) is 6.04 Å². The molecule has 0 saturated heterocycles. The molecule has 1 atom stereocenters. The van der Waals surface area contributed by atoms with E-state index in [1.807, 2.05) is 18.6 Å². The molecule has 3 rings (SSSR count). The van der Waals surface area contributed by atoms with Gasteiger partial charge in [0, 0.05) is 37.1 Å². The molecule has 0 amide bonds. The Morgan fingerprint density at radius 2 is 1.88 bits per heavy atom. The minimum absolute atomic E-state index is 0.223. The van der Waals surface area contributed by atoms with Gasteiger partial charge in [-0.05, 0) is 31.0 Å². The highest BCUT2D eigenvalue weighted by atomic mass is 16.5. The average Bonchev–Trinajstić information content (AvgIpc) is 3.14. The van der Waals surface area contributed by atoms with Crippen molar-refractivity contribution in [2.45, 2.75) is 33.0 Å². The summed E-state index contributed by atoms with van der Waals surface area (Å²) in [7, 11) is 1.72. The van der Waals surface area contributed by atoms with Crippen molar-refractivity contribution in [2.24, 2.45) is 0 Å². The minimum Gasteiger partial charge on any atom is -0.496 e. The number of ether oxygens (including phenoxy) is 1. The fourth-order valence-corrected chi connectivity index (χ4v) is 2.93. The van der Waals surface area contributed by atoms with E-state index in [9.17, 15) is 0 Å². The van der Waals surface area contributed by atoms with E-state index in [0.717, 1.165) is 18.8 Å². The summed E-state index contributed by atoms with van der Waals surface area (Å²) >= 11 is 0. The van der Waals surface area contributed by atoms with Crippen molar-refractivity contribution in [1.29, 1.82) is 0 Å². The zero-order valence-corrected chi connectivity index (χ0v) is 15.1. The summed E-state index contributed by atoms with van der Waals surface area (Å²) in [6.07, 6.45) is 5.62. The monoisotopic (exact) mass is 335 g/mol. The Hall–Kier alpha value is -2.59. The standard InChI is InChI=1S/C21H25N3O/c1-16-4-9-21(25-3)20(12-16)17(2)23-13-18-5-7-19(8-6-18)14-24-11-10-22-15-24/h4-12,15,17,23H,13-14H2,1-3H3. The summed E-state index contributed by atoms with van der Waals surface area (Å²) in [6.45, 7) is 5.95. The van der Waals surface area contributed by atoms with Crippen LogP contribution in [0.1, 0.15) is 35.2 Å². The lowest BCUT2D eigenvalue weighted by Gasteiger charge is -2.18. The van der Waals surface area contributed by atoms with Crippen LogP contribution in [0.15, 0.2) is 61.2 Å². The molecule has 0 aliphatic heterocycles. The predicted octanol–water partition coefficient (Wildman–Crippen LogP) is 4.10. The summed E-state index contributed by atoms with van der Waals surface area (Å²) in [6, 6.07) is 15.2. The number of hydrogen-bond acceptors (Lipinski definition) is 3. The van der Waals surface area contributed by atoms with Crippen molar-refractivity contribution in [2.75, 3.05) is 7.11 Å². The molecule has 1 heterocycles. The molecular formula is C21H25N3O. The summed E-state index contributed by atoms with van der Waals surface area (Å²) in [5.74, 6) is 0.932. The lowest BCUT2D eigenvalue weighted by atomic mass is 10.0. The molecule has 0 aliphatic rings. The lowest BCUT2D eigenvalue weighted by molar-refractivity contribution is 0.401. The quantitative estimate of drug-likeness (QED) is 0.706. The third-order valence-corrected chi connectivity index (χ3v) is 4.41. The van der Waals surface area contributed by atoms with Gasteiger partial charge in [0.05, 0.1) is 13.4 Å². The first-order chi connectivity index (χ1) is 12.2. The molecule has 2 aromatic carbocycles. The first kappa shape index (κ1) is 17.2. The number of imidazole rings is 1. The van der Waals surface area contributed by atoms with E-state index in [0.29, 0.717) is 0 Å². The molecule has 4 nitrogen and oxygen atoms in total. The Balaban J connectivity index is 1.60. The lowest BCUT2D eigenvalue weighted by Crippen LogP contribution is -2.18. The summed E-state index contributed by atoms with van der Waals surface area (Å²) in [5.41, 5.74) is 4.98. The van der Waals surface area contributed by atoms with Crippen molar-refractivity contribution >= 4 is 0 Å². The molecule has 0 spiro atoms. The normalized spacial score (nSPS) is 12.1. The minimum atomic E-state index is 0.223. The number of hydrogen-bond donors (Lipinski definition) is 1. The van der Waals surface area contributed by atoms with Gasteiger partial charge in [-0.25, -0.2) is 4.98 Å². The molecule has 1 N–H and O–H groups in total. The van der Waals surface area contributed by atoms with Crippen molar-refractivity contribution in [1.82, 2.24) is 14.9 Å². The second-order valence-electron chi connectivity index (χ2n) is 6.40. The first-order valence-corrected chi connectivity index (χ1v) is 8.57. The van der Waals surface area contributed by atoms with E-state index >= 15 is 0 Å². The average molecular weight is 335 g/mol. The van der Waals surface area contributed by atoms with Crippen LogP contribution < -0.4 is 10.1 Å². The maximum atomic E-state index is 5.49. The van der Waals surface area contributed by atoms with Crippen LogP contribution in [0.25, 0.3) is 0 Å².